The molecule has 1 atom stereocenters. The van der Waals surface area contributed by atoms with Crippen molar-refractivity contribution in [3.63, 3.8) is 0 Å². The molecule has 0 aliphatic carbocycles. The van der Waals surface area contributed by atoms with Crippen LogP contribution in [0.5, 0.6) is 11.5 Å². The monoisotopic (exact) mass is 436 g/mol. The number of ether oxygens (including phenoxy) is 2. The number of para-hydroxylation sites is 1. The van der Waals surface area contributed by atoms with E-state index in [2.05, 4.69) is 0 Å². The average Bonchev–Trinajstić information content (AvgIpc) is 3.14. The van der Waals surface area contributed by atoms with Crippen LogP contribution < -0.4 is 14.9 Å². The van der Waals surface area contributed by atoms with E-state index in [9.17, 15) is 14.4 Å². The molecule has 2 aliphatic rings. The van der Waals surface area contributed by atoms with Gasteiger partial charge in [0.1, 0.15) is 17.1 Å². The molecule has 0 radical (unpaired) electrons. The second-order valence-corrected chi connectivity index (χ2v) is 7.95. The van der Waals surface area contributed by atoms with E-state index < -0.39 is 11.9 Å². The minimum atomic E-state index is -0.666. The lowest BCUT2D eigenvalue weighted by Gasteiger charge is -2.25. The first kappa shape index (κ1) is 19.3. The van der Waals surface area contributed by atoms with E-state index in [0.717, 1.165) is 5.56 Å². The third-order valence-electron chi connectivity index (χ3n) is 5.96. The zero-order chi connectivity index (χ0) is 22.5. The summed E-state index contributed by atoms with van der Waals surface area (Å²) in [6.07, 6.45) is 2.99. The standard InChI is InChI=1S/C27H16O6/c28-23-13-18(19-14-31-20-9-5-4-8-16(20)25(19)29)24-21(32-23)11-10-17-26(30)22(33-27(17)24)12-15-6-2-1-3-7-15/h1-12,14,18H,13H2. The highest BCUT2D eigenvalue weighted by atomic mass is 16.5. The number of hydrogen-bond acceptors (Lipinski definition) is 6. The average molecular weight is 436 g/mol. The van der Waals surface area contributed by atoms with E-state index in [1.54, 1.807) is 42.5 Å². The Kier molecular flexibility index (Phi) is 4.26. The second-order valence-electron chi connectivity index (χ2n) is 7.95. The molecule has 6 nitrogen and oxygen atoms in total. The van der Waals surface area contributed by atoms with Gasteiger partial charge in [-0.3, -0.25) is 14.4 Å². The van der Waals surface area contributed by atoms with Crippen molar-refractivity contribution in [1.82, 2.24) is 0 Å². The van der Waals surface area contributed by atoms with E-state index >= 15 is 0 Å². The van der Waals surface area contributed by atoms with Crippen LogP contribution in [0.4, 0.5) is 0 Å². The molecule has 0 bridgehead atoms. The van der Waals surface area contributed by atoms with Crippen molar-refractivity contribution < 1.29 is 23.5 Å². The third kappa shape index (κ3) is 3.07. The van der Waals surface area contributed by atoms with Gasteiger partial charge in [0.05, 0.1) is 23.6 Å². The fourth-order valence-electron chi connectivity index (χ4n) is 4.41. The van der Waals surface area contributed by atoms with Gasteiger partial charge < -0.3 is 13.9 Å². The summed E-state index contributed by atoms with van der Waals surface area (Å²) in [6.45, 7) is 0. The molecule has 0 saturated heterocycles. The van der Waals surface area contributed by atoms with Crippen LogP contribution in [-0.2, 0) is 4.79 Å². The maximum absolute atomic E-state index is 13.3. The number of fused-ring (bicyclic) bond motifs is 4. The van der Waals surface area contributed by atoms with Crippen LogP contribution in [-0.4, -0.2) is 11.8 Å². The van der Waals surface area contributed by atoms with E-state index in [4.69, 9.17) is 13.9 Å². The van der Waals surface area contributed by atoms with Gasteiger partial charge in [-0.25, -0.2) is 0 Å². The highest BCUT2D eigenvalue weighted by Gasteiger charge is 2.39. The fourth-order valence-corrected chi connectivity index (χ4v) is 4.41. The Bertz CT molecular complexity index is 1540. The first-order valence-corrected chi connectivity index (χ1v) is 10.5. The smallest absolute Gasteiger partial charge is 0.312 e. The first-order valence-electron chi connectivity index (χ1n) is 10.5. The van der Waals surface area contributed by atoms with Crippen LogP contribution >= 0.6 is 0 Å². The molecular weight excluding hydrogens is 420 g/mol. The Hall–Kier alpha value is -4.45. The Morgan fingerprint density at radius 1 is 0.848 bits per heavy atom. The van der Waals surface area contributed by atoms with E-state index in [1.807, 2.05) is 30.3 Å². The predicted octanol–water partition coefficient (Wildman–Crippen LogP) is 4.85. The molecule has 3 heterocycles. The van der Waals surface area contributed by atoms with Gasteiger partial charge in [0, 0.05) is 17.0 Å². The number of allylic oxidation sites excluding steroid dienone is 1. The van der Waals surface area contributed by atoms with Gasteiger partial charge >= 0.3 is 5.97 Å². The van der Waals surface area contributed by atoms with Crippen molar-refractivity contribution in [3.8, 4) is 11.5 Å². The molecular formula is C27H16O6. The van der Waals surface area contributed by atoms with Crippen molar-refractivity contribution in [2.75, 3.05) is 0 Å². The molecule has 0 N–H and O–H groups in total. The summed E-state index contributed by atoms with van der Waals surface area (Å²) >= 11 is 0. The number of ketones is 1. The van der Waals surface area contributed by atoms with Gasteiger partial charge in [0.25, 0.3) is 0 Å². The van der Waals surface area contributed by atoms with Crippen LogP contribution in [0.15, 0.2) is 88.0 Å². The largest absolute Gasteiger partial charge is 0.464 e. The molecule has 6 heteroatoms. The molecule has 1 aromatic heterocycles. The van der Waals surface area contributed by atoms with Crippen molar-refractivity contribution in [1.29, 1.82) is 0 Å². The van der Waals surface area contributed by atoms with Gasteiger partial charge in [-0.15, -0.1) is 0 Å². The number of carbonyl (C=O) groups excluding carboxylic acids is 2. The Labute approximate surface area is 187 Å². The van der Waals surface area contributed by atoms with Gasteiger partial charge in [0.2, 0.25) is 5.78 Å². The summed E-state index contributed by atoms with van der Waals surface area (Å²) in [4.78, 5) is 38.7. The molecule has 6 rings (SSSR count). The highest BCUT2D eigenvalue weighted by Crippen LogP contribution is 2.48. The molecule has 2 aliphatic heterocycles. The summed E-state index contributed by atoms with van der Waals surface area (Å²) < 4.78 is 17.2. The van der Waals surface area contributed by atoms with E-state index in [-0.39, 0.29) is 29.1 Å². The predicted molar refractivity (Wildman–Crippen MR) is 120 cm³/mol. The summed E-state index contributed by atoms with van der Waals surface area (Å²) in [7, 11) is 0. The van der Waals surface area contributed by atoms with Crippen molar-refractivity contribution in [2.24, 2.45) is 0 Å². The lowest BCUT2D eigenvalue weighted by Crippen LogP contribution is -2.25. The van der Waals surface area contributed by atoms with Crippen LogP contribution in [0.2, 0.25) is 0 Å². The van der Waals surface area contributed by atoms with Crippen molar-refractivity contribution in [2.45, 2.75) is 12.3 Å². The number of carbonyl (C=O) groups is 2. The maximum atomic E-state index is 13.3. The molecule has 0 spiro atoms. The fraction of sp³-hybridized carbons (Fsp3) is 0.0741. The Morgan fingerprint density at radius 2 is 1.64 bits per heavy atom. The molecule has 0 saturated carbocycles. The molecule has 0 fully saturated rings. The van der Waals surface area contributed by atoms with Crippen LogP contribution in [0.3, 0.4) is 0 Å². The van der Waals surface area contributed by atoms with Crippen LogP contribution in [0.1, 0.15) is 39.4 Å². The van der Waals surface area contributed by atoms with Gasteiger partial charge in [0.15, 0.2) is 11.2 Å². The maximum Gasteiger partial charge on any atom is 0.312 e. The summed E-state index contributed by atoms with van der Waals surface area (Å²) in [5.74, 6) is -0.644. The number of esters is 1. The van der Waals surface area contributed by atoms with Crippen LogP contribution in [0.25, 0.3) is 17.0 Å². The number of Topliss-reactive ketones (excluding diaryl/α,β-unsaturated/α-hetero) is 1. The minimum Gasteiger partial charge on any atom is -0.464 e. The quantitative estimate of drug-likeness (QED) is 0.254. The first-order chi connectivity index (χ1) is 16.1. The number of rotatable bonds is 2. The van der Waals surface area contributed by atoms with Crippen molar-refractivity contribution >= 4 is 28.8 Å². The van der Waals surface area contributed by atoms with Gasteiger partial charge in [-0.1, -0.05) is 42.5 Å². The zero-order valence-corrected chi connectivity index (χ0v) is 17.2. The molecule has 1 unspecified atom stereocenters. The lowest BCUT2D eigenvalue weighted by molar-refractivity contribution is -0.135. The Morgan fingerprint density at radius 3 is 2.48 bits per heavy atom. The van der Waals surface area contributed by atoms with E-state index in [0.29, 0.717) is 33.4 Å². The lowest BCUT2D eigenvalue weighted by atomic mass is 9.85. The third-order valence-corrected chi connectivity index (χ3v) is 5.96. The Balaban J connectivity index is 1.52. The molecule has 160 valence electrons. The van der Waals surface area contributed by atoms with Gasteiger partial charge in [-0.2, -0.15) is 0 Å². The normalized spacial score (nSPS) is 18.1. The second kappa shape index (κ2) is 7.31. The molecule has 33 heavy (non-hydrogen) atoms. The highest BCUT2D eigenvalue weighted by molar-refractivity contribution is 6.15. The summed E-state index contributed by atoms with van der Waals surface area (Å²) in [5, 5.41) is 0.421. The molecule has 3 aromatic carbocycles. The molecule has 0 amide bonds. The SMILES string of the molecule is O=C1CC(c2coc3ccccc3c2=O)c2c(ccc3c2OC(=Cc2ccccc2)C3=O)O1. The van der Waals surface area contributed by atoms with Gasteiger partial charge in [-0.05, 0) is 35.9 Å². The number of benzene rings is 3. The molecule has 4 aromatic rings. The zero-order valence-electron chi connectivity index (χ0n) is 17.2. The topological polar surface area (TPSA) is 82.8 Å². The van der Waals surface area contributed by atoms with E-state index in [1.165, 1.54) is 6.26 Å². The summed E-state index contributed by atoms with van der Waals surface area (Å²) in [5.41, 5.74) is 2.23. The van der Waals surface area contributed by atoms with Crippen molar-refractivity contribution in [3.05, 3.63) is 111 Å². The minimum absolute atomic E-state index is 0.0676. The van der Waals surface area contributed by atoms with Crippen LogP contribution in [0, 0.1) is 0 Å². The number of hydrogen-bond donors (Lipinski definition) is 0. The summed E-state index contributed by atoms with van der Waals surface area (Å²) in [6, 6.07) is 19.5.